The van der Waals surface area contributed by atoms with Gasteiger partial charge in [0.05, 0.1) is 5.69 Å². The van der Waals surface area contributed by atoms with E-state index < -0.39 is 0 Å². The van der Waals surface area contributed by atoms with Gasteiger partial charge in [-0.25, -0.2) is 0 Å². The van der Waals surface area contributed by atoms with Crippen LogP contribution in [0.2, 0.25) is 0 Å². The highest BCUT2D eigenvalue weighted by atomic mass is 16.3. The third-order valence-electron chi connectivity index (χ3n) is 5.88. The molecule has 140 valence electrons. The summed E-state index contributed by atoms with van der Waals surface area (Å²) >= 11 is 0. The topological polar surface area (TPSA) is 42.8 Å². The third kappa shape index (κ3) is 5.00. The standard InChI is InChI=1S/C20H34N4O/c1-17(2)23-10-6-19(7-11-23)24-13-12-22(16-20(24)8-14-25)15-18-5-3-4-9-21-18/h3-5,9,17,19-20,25H,6-8,10-16H2,1-2H3. The van der Waals surface area contributed by atoms with Crippen LogP contribution in [0.25, 0.3) is 0 Å². The van der Waals surface area contributed by atoms with E-state index in [1.165, 1.54) is 25.9 Å². The molecule has 1 atom stereocenters. The van der Waals surface area contributed by atoms with Crippen molar-refractivity contribution in [2.24, 2.45) is 0 Å². The molecule has 2 saturated heterocycles. The van der Waals surface area contributed by atoms with E-state index in [0.717, 1.165) is 38.3 Å². The Morgan fingerprint density at radius 1 is 1.16 bits per heavy atom. The number of likely N-dealkylation sites (tertiary alicyclic amines) is 1. The minimum Gasteiger partial charge on any atom is -0.396 e. The van der Waals surface area contributed by atoms with Gasteiger partial charge in [-0.2, -0.15) is 0 Å². The van der Waals surface area contributed by atoms with Gasteiger partial charge in [0.1, 0.15) is 0 Å². The number of aliphatic hydroxyl groups is 1. The average Bonchev–Trinajstić information content (AvgIpc) is 2.63. The first-order valence-corrected chi connectivity index (χ1v) is 9.90. The second kappa shape index (κ2) is 9.08. The van der Waals surface area contributed by atoms with Crippen LogP contribution in [0.4, 0.5) is 0 Å². The fourth-order valence-electron chi connectivity index (χ4n) is 4.42. The molecule has 0 spiro atoms. The van der Waals surface area contributed by atoms with Crippen LogP contribution in [0.3, 0.4) is 0 Å². The molecule has 0 radical (unpaired) electrons. The maximum atomic E-state index is 9.56. The Bertz CT molecular complexity index is 502. The number of rotatable bonds is 6. The van der Waals surface area contributed by atoms with Gasteiger partial charge in [0.25, 0.3) is 0 Å². The summed E-state index contributed by atoms with van der Waals surface area (Å²) in [5.74, 6) is 0. The molecular weight excluding hydrogens is 312 g/mol. The zero-order valence-electron chi connectivity index (χ0n) is 15.8. The highest BCUT2D eigenvalue weighted by molar-refractivity contribution is 5.04. The van der Waals surface area contributed by atoms with Gasteiger partial charge in [0.15, 0.2) is 0 Å². The molecule has 5 nitrogen and oxygen atoms in total. The smallest absolute Gasteiger partial charge is 0.0543 e. The first-order valence-electron chi connectivity index (χ1n) is 9.90. The number of hydrogen-bond acceptors (Lipinski definition) is 5. The number of nitrogens with zero attached hydrogens (tertiary/aromatic N) is 4. The lowest BCUT2D eigenvalue weighted by atomic mass is 9.97. The third-order valence-corrected chi connectivity index (χ3v) is 5.88. The maximum Gasteiger partial charge on any atom is 0.0543 e. The molecular formula is C20H34N4O. The van der Waals surface area contributed by atoms with Gasteiger partial charge in [0.2, 0.25) is 0 Å². The summed E-state index contributed by atoms with van der Waals surface area (Å²) in [7, 11) is 0. The van der Waals surface area contributed by atoms with E-state index in [1.807, 2.05) is 12.3 Å². The molecule has 1 aromatic heterocycles. The molecule has 2 fully saturated rings. The number of pyridine rings is 1. The Labute approximate surface area is 152 Å². The molecule has 3 heterocycles. The number of piperazine rings is 1. The number of hydrogen-bond donors (Lipinski definition) is 1. The molecule has 0 saturated carbocycles. The summed E-state index contributed by atoms with van der Waals surface area (Å²) < 4.78 is 0. The van der Waals surface area contributed by atoms with E-state index in [0.29, 0.717) is 18.1 Å². The monoisotopic (exact) mass is 346 g/mol. The first-order chi connectivity index (χ1) is 12.2. The first kappa shape index (κ1) is 18.8. The van der Waals surface area contributed by atoms with Gasteiger partial charge >= 0.3 is 0 Å². The van der Waals surface area contributed by atoms with Crippen LogP contribution < -0.4 is 0 Å². The Morgan fingerprint density at radius 3 is 2.60 bits per heavy atom. The molecule has 1 unspecified atom stereocenters. The van der Waals surface area contributed by atoms with Crippen LogP contribution in [0.15, 0.2) is 24.4 Å². The van der Waals surface area contributed by atoms with Crippen LogP contribution in [0.5, 0.6) is 0 Å². The molecule has 1 aromatic rings. The van der Waals surface area contributed by atoms with E-state index in [1.54, 1.807) is 0 Å². The van der Waals surface area contributed by atoms with Crippen molar-refractivity contribution in [1.82, 2.24) is 19.7 Å². The van der Waals surface area contributed by atoms with Crippen molar-refractivity contribution >= 4 is 0 Å². The Balaban J connectivity index is 1.56. The summed E-state index contributed by atoms with van der Waals surface area (Å²) in [6, 6.07) is 7.95. The van der Waals surface area contributed by atoms with Crippen LogP contribution in [0, 0.1) is 0 Å². The summed E-state index contributed by atoms with van der Waals surface area (Å²) in [5, 5.41) is 9.56. The van der Waals surface area contributed by atoms with Crippen molar-refractivity contribution in [3.63, 3.8) is 0 Å². The van der Waals surface area contributed by atoms with E-state index >= 15 is 0 Å². The van der Waals surface area contributed by atoms with Crippen LogP contribution in [0.1, 0.15) is 38.8 Å². The molecule has 3 rings (SSSR count). The Kier molecular flexibility index (Phi) is 6.82. The fourth-order valence-corrected chi connectivity index (χ4v) is 4.42. The zero-order chi connectivity index (χ0) is 17.6. The Hall–Kier alpha value is -1.01. The average molecular weight is 347 g/mol. The van der Waals surface area contributed by atoms with Crippen molar-refractivity contribution in [2.45, 2.75) is 57.8 Å². The highest BCUT2D eigenvalue weighted by Crippen LogP contribution is 2.24. The molecule has 2 aliphatic rings. The molecule has 0 aromatic carbocycles. The molecule has 1 N–H and O–H groups in total. The SMILES string of the molecule is CC(C)N1CCC(N2CCN(Cc3ccccn3)CC2CCO)CC1. The molecule has 2 aliphatic heterocycles. The van der Waals surface area contributed by atoms with E-state index in [4.69, 9.17) is 0 Å². The van der Waals surface area contributed by atoms with Gasteiger partial charge in [-0.15, -0.1) is 0 Å². The summed E-state index contributed by atoms with van der Waals surface area (Å²) in [6.07, 6.45) is 5.28. The van der Waals surface area contributed by atoms with Crippen molar-refractivity contribution in [3.05, 3.63) is 30.1 Å². The minimum absolute atomic E-state index is 0.281. The second-order valence-electron chi connectivity index (χ2n) is 7.82. The molecule has 0 bridgehead atoms. The normalized spacial score (nSPS) is 24.9. The molecule has 25 heavy (non-hydrogen) atoms. The summed E-state index contributed by atoms with van der Waals surface area (Å²) in [4.78, 5) is 12.3. The highest BCUT2D eigenvalue weighted by Gasteiger charge is 2.33. The minimum atomic E-state index is 0.281. The molecule has 0 amide bonds. The van der Waals surface area contributed by atoms with E-state index in [-0.39, 0.29) is 6.61 Å². The van der Waals surface area contributed by atoms with Crippen LogP contribution >= 0.6 is 0 Å². The Morgan fingerprint density at radius 2 is 1.96 bits per heavy atom. The van der Waals surface area contributed by atoms with Crippen molar-refractivity contribution in [1.29, 1.82) is 0 Å². The van der Waals surface area contributed by atoms with Gasteiger partial charge in [0, 0.05) is 57.1 Å². The quantitative estimate of drug-likeness (QED) is 0.851. The number of aliphatic hydroxyl groups excluding tert-OH is 1. The van der Waals surface area contributed by atoms with Crippen LogP contribution in [-0.2, 0) is 6.54 Å². The second-order valence-corrected chi connectivity index (χ2v) is 7.82. The van der Waals surface area contributed by atoms with Crippen molar-refractivity contribution in [2.75, 3.05) is 39.3 Å². The molecule has 5 heteroatoms. The number of piperidine rings is 1. The van der Waals surface area contributed by atoms with Crippen molar-refractivity contribution < 1.29 is 5.11 Å². The van der Waals surface area contributed by atoms with Gasteiger partial charge < -0.3 is 10.0 Å². The van der Waals surface area contributed by atoms with Crippen LogP contribution in [-0.4, -0.2) is 82.2 Å². The van der Waals surface area contributed by atoms with E-state index in [9.17, 15) is 5.11 Å². The largest absolute Gasteiger partial charge is 0.396 e. The van der Waals surface area contributed by atoms with E-state index in [2.05, 4.69) is 45.7 Å². The van der Waals surface area contributed by atoms with Gasteiger partial charge in [-0.3, -0.25) is 14.8 Å². The maximum absolute atomic E-state index is 9.56. The van der Waals surface area contributed by atoms with Gasteiger partial charge in [-0.05, 0) is 58.3 Å². The predicted molar refractivity (Wildman–Crippen MR) is 101 cm³/mol. The predicted octanol–water partition coefficient (Wildman–Crippen LogP) is 1.82. The number of aromatic nitrogens is 1. The van der Waals surface area contributed by atoms with Gasteiger partial charge in [-0.1, -0.05) is 6.07 Å². The lowest BCUT2D eigenvalue weighted by molar-refractivity contribution is -0.000337. The zero-order valence-corrected chi connectivity index (χ0v) is 15.8. The lowest BCUT2D eigenvalue weighted by Crippen LogP contribution is -2.58. The lowest BCUT2D eigenvalue weighted by Gasteiger charge is -2.48. The fraction of sp³-hybridized carbons (Fsp3) is 0.750. The summed E-state index contributed by atoms with van der Waals surface area (Å²) in [5.41, 5.74) is 1.14. The summed E-state index contributed by atoms with van der Waals surface area (Å²) in [6.45, 7) is 11.5. The van der Waals surface area contributed by atoms with Crippen molar-refractivity contribution in [3.8, 4) is 0 Å². The molecule has 0 aliphatic carbocycles.